The maximum atomic E-state index is 13.3. The van der Waals surface area contributed by atoms with Crippen molar-refractivity contribution in [2.24, 2.45) is 0 Å². The number of ether oxygens (including phenoxy) is 1. The van der Waals surface area contributed by atoms with Crippen LogP contribution in [0.2, 0.25) is 0 Å². The molecular formula is C24H30ClN3O4S3. The van der Waals surface area contributed by atoms with E-state index in [1.807, 2.05) is 18.2 Å². The Hall–Kier alpha value is -1.69. The standard InChI is InChI=1S/C24H29N3O4S3.ClH/c1-34(29,30)20-9-10-21-22(18-20)33-24(25-21)27(12-11-26-13-15-31-16-14-26)23(28)8-5-17-32-19-6-3-2-4-7-19;/h2-4,6-7,9-10,18H,5,8,11-17H2,1H3;1H. The first-order chi connectivity index (χ1) is 16.4. The second kappa shape index (κ2) is 13.0. The first-order valence-electron chi connectivity index (χ1n) is 11.3. The first kappa shape index (κ1) is 27.9. The van der Waals surface area contributed by atoms with Crippen LogP contribution < -0.4 is 4.90 Å². The van der Waals surface area contributed by atoms with Gasteiger partial charge < -0.3 is 4.74 Å². The second-order valence-electron chi connectivity index (χ2n) is 8.16. The molecule has 1 aromatic heterocycles. The lowest BCUT2D eigenvalue weighted by molar-refractivity contribution is -0.118. The smallest absolute Gasteiger partial charge is 0.228 e. The van der Waals surface area contributed by atoms with Gasteiger partial charge in [-0.05, 0) is 42.5 Å². The highest BCUT2D eigenvalue weighted by molar-refractivity contribution is 7.99. The van der Waals surface area contributed by atoms with Gasteiger partial charge in [0, 0.05) is 43.8 Å². The molecular weight excluding hydrogens is 526 g/mol. The molecule has 190 valence electrons. The van der Waals surface area contributed by atoms with Gasteiger partial charge in [0.15, 0.2) is 15.0 Å². The van der Waals surface area contributed by atoms with Gasteiger partial charge in [-0.15, -0.1) is 24.2 Å². The number of nitrogens with zero attached hydrogens (tertiary/aromatic N) is 3. The number of carbonyl (C=O) groups is 1. The minimum atomic E-state index is -3.31. The van der Waals surface area contributed by atoms with E-state index < -0.39 is 9.84 Å². The van der Waals surface area contributed by atoms with E-state index in [2.05, 4.69) is 22.0 Å². The normalized spacial score (nSPS) is 14.5. The molecule has 1 saturated heterocycles. The predicted molar refractivity (Wildman–Crippen MR) is 146 cm³/mol. The molecule has 0 N–H and O–H groups in total. The van der Waals surface area contributed by atoms with Crippen LogP contribution in [0.15, 0.2) is 58.3 Å². The van der Waals surface area contributed by atoms with Crippen LogP contribution in [0.25, 0.3) is 10.2 Å². The van der Waals surface area contributed by atoms with Crippen molar-refractivity contribution in [3.63, 3.8) is 0 Å². The molecule has 0 atom stereocenters. The van der Waals surface area contributed by atoms with Crippen molar-refractivity contribution in [1.82, 2.24) is 9.88 Å². The van der Waals surface area contributed by atoms with Crippen molar-refractivity contribution in [2.75, 3.05) is 56.3 Å². The van der Waals surface area contributed by atoms with Gasteiger partial charge in [-0.2, -0.15) is 0 Å². The minimum absolute atomic E-state index is 0. The fourth-order valence-electron chi connectivity index (χ4n) is 3.70. The number of benzene rings is 2. The Labute approximate surface area is 221 Å². The first-order valence-corrected chi connectivity index (χ1v) is 15.0. The van der Waals surface area contributed by atoms with Gasteiger partial charge >= 0.3 is 0 Å². The number of rotatable bonds is 10. The summed E-state index contributed by atoms with van der Waals surface area (Å²) in [7, 11) is -3.31. The summed E-state index contributed by atoms with van der Waals surface area (Å²) in [6, 6.07) is 15.1. The summed E-state index contributed by atoms with van der Waals surface area (Å²) in [5.74, 6) is 0.911. The van der Waals surface area contributed by atoms with Gasteiger partial charge in [0.25, 0.3) is 0 Å². The Kier molecular flexibility index (Phi) is 10.4. The van der Waals surface area contributed by atoms with Crippen molar-refractivity contribution in [2.45, 2.75) is 22.6 Å². The average Bonchev–Trinajstić information content (AvgIpc) is 3.26. The summed E-state index contributed by atoms with van der Waals surface area (Å²) in [6.45, 7) is 4.42. The van der Waals surface area contributed by atoms with Crippen molar-refractivity contribution in [3.05, 3.63) is 48.5 Å². The van der Waals surface area contributed by atoms with Crippen LogP contribution in [0.3, 0.4) is 0 Å². The number of hydrogen-bond donors (Lipinski definition) is 0. The second-order valence-corrected chi connectivity index (χ2v) is 12.4. The fraction of sp³-hybridized carbons (Fsp3) is 0.417. The highest BCUT2D eigenvalue weighted by Gasteiger charge is 2.22. The minimum Gasteiger partial charge on any atom is -0.379 e. The Balaban J connectivity index is 0.00000342. The van der Waals surface area contributed by atoms with Crippen LogP contribution in [0.5, 0.6) is 0 Å². The summed E-state index contributed by atoms with van der Waals surface area (Å²) in [4.78, 5) is 23.5. The highest BCUT2D eigenvalue weighted by atomic mass is 35.5. The van der Waals surface area contributed by atoms with E-state index in [-0.39, 0.29) is 23.2 Å². The van der Waals surface area contributed by atoms with E-state index in [9.17, 15) is 13.2 Å². The maximum Gasteiger partial charge on any atom is 0.228 e. The predicted octanol–water partition coefficient (Wildman–Crippen LogP) is 4.36. The fourth-order valence-corrected chi connectivity index (χ4v) is 6.34. The van der Waals surface area contributed by atoms with Gasteiger partial charge in [-0.3, -0.25) is 14.6 Å². The topological polar surface area (TPSA) is 79.8 Å². The molecule has 0 aliphatic carbocycles. The molecule has 1 aliphatic heterocycles. The molecule has 1 fully saturated rings. The number of thiazole rings is 1. The highest BCUT2D eigenvalue weighted by Crippen LogP contribution is 2.31. The van der Waals surface area contributed by atoms with Gasteiger partial charge in [0.1, 0.15) is 0 Å². The molecule has 7 nitrogen and oxygen atoms in total. The largest absolute Gasteiger partial charge is 0.379 e. The van der Waals surface area contributed by atoms with E-state index in [1.54, 1.807) is 34.9 Å². The molecule has 0 unspecified atom stereocenters. The molecule has 0 bridgehead atoms. The zero-order chi connectivity index (χ0) is 24.0. The number of anilines is 1. The van der Waals surface area contributed by atoms with Crippen molar-refractivity contribution in [3.8, 4) is 0 Å². The Morgan fingerprint density at radius 3 is 2.63 bits per heavy atom. The van der Waals surface area contributed by atoms with E-state index in [4.69, 9.17) is 4.74 Å². The molecule has 1 aliphatic rings. The Bertz CT molecular complexity index is 1220. The molecule has 35 heavy (non-hydrogen) atoms. The molecule has 11 heteroatoms. The van der Waals surface area contributed by atoms with Crippen molar-refractivity contribution in [1.29, 1.82) is 0 Å². The molecule has 0 spiro atoms. The zero-order valence-corrected chi connectivity index (χ0v) is 22.9. The van der Waals surface area contributed by atoms with E-state index in [0.717, 1.165) is 36.5 Å². The summed E-state index contributed by atoms with van der Waals surface area (Å²) in [6.07, 6.45) is 2.41. The summed E-state index contributed by atoms with van der Waals surface area (Å²) < 4.78 is 30.1. The third kappa shape index (κ3) is 7.90. The summed E-state index contributed by atoms with van der Waals surface area (Å²) in [5, 5.41) is 0.620. The number of fused-ring (bicyclic) bond motifs is 1. The quantitative estimate of drug-likeness (QED) is 0.271. The number of morpholine rings is 1. The van der Waals surface area contributed by atoms with Gasteiger partial charge in [0.2, 0.25) is 5.91 Å². The van der Waals surface area contributed by atoms with E-state index >= 15 is 0 Å². The van der Waals surface area contributed by atoms with Crippen LogP contribution in [-0.4, -0.2) is 75.6 Å². The molecule has 0 radical (unpaired) electrons. The third-order valence-corrected chi connectivity index (χ3v) is 8.85. The number of aromatic nitrogens is 1. The lowest BCUT2D eigenvalue weighted by Gasteiger charge is -2.29. The summed E-state index contributed by atoms with van der Waals surface area (Å²) >= 11 is 3.12. The monoisotopic (exact) mass is 555 g/mol. The number of carbonyl (C=O) groups excluding carboxylic acids is 1. The zero-order valence-electron chi connectivity index (χ0n) is 19.6. The maximum absolute atomic E-state index is 13.3. The van der Waals surface area contributed by atoms with Crippen LogP contribution in [0.1, 0.15) is 12.8 Å². The Morgan fingerprint density at radius 1 is 1.17 bits per heavy atom. The van der Waals surface area contributed by atoms with E-state index in [0.29, 0.717) is 36.8 Å². The summed E-state index contributed by atoms with van der Waals surface area (Å²) in [5.41, 5.74) is 0.705. The Morgan fingerprint density at radius 2 is 1.91 bits per heavy atom. The molecule has 1 amide bonds. The number of halogens is 1. The molecule has 2 heterocycles. The number of hydrogen-bond acceptors (Lipinski definition) is 8. The third-order valence-electron chi connectivity index (χ3n) is 5.60. The SMILES string of the molecule is CS(=O)(=O)c1ccc2nc(N(CCN3CCOCC3)C(=O)CCCSc3ccccc3)sc2c1.Cl. The number of sulfone groups is 1. The molecule has 4 rings (SSSR count). The number of thioether (sulfide) groups is 1. The van der Waals surface area contributed by atoms with Gasteiger partial charge in [-0.1, -0.05) is 29.5 Å². The van der Waals surface area contributed by atoms with Crippen LogP contribution in [0, 0.1) is 0 Å². The van der Waals surface area contributed by atoms with E-state index in [1.165, 1.54) is 22.5 Å². The molecule has 0 saturated carbocycles. The van der Waals surface area contributed by atoms with Crippen molar-refractivity contribution < 1.29 is 17.9 Å². The van der Waals surface area contributed by atoms with Crippen LogP contribution >= 0.6 is 35.5 Å². The molecule has 2 aromatic carbocycles. The number of amides is 1. The van der Waals surface area contributed by atoms with Gasteiger partial charge in [0.05, 0.1) is 28.3 Å². The molecule has 3 aromatic rings. The van der Waals surface area contributed by atoms with Crippen LogP contribution in [-0.2, 0) is 19.4 Å². The van der Waals surface area contributed by atoms with Gasteiger partial charge in [-0.25, -0.2) is 13.4 Å². The lowest BCUT2D eigenvalue weighted by atomic mass is 10.3. The lowest BCUT2D eigenvalue weighted by Crippen LogP contribution is -2.43. The van der Waals surface area contributed by atoms with Crippen molar-refractivity contribution >= 4 is 66.6 Å². The average molecular weight is 556 g/mol. The van der Waals surface area contributed by atoms with Crippen LogP contribution in [0.4, 0.5) is 5.13 Å².